The molecule has 0 spiro atoms. The Kier molecular flexibility index (Phi) is 6.92. The van der Waals surface area contributed by atoms with Crippen molar-refractivity contribution in [2.45, 2.75) is 12.8 Å². The van der Waals surface area contributed by atoms with Gasteiger partial charge < -0.3 is 20.1 Å². The standard InChI is InChI=1S/C14H22N2O3/c1-16(2)8-10-19-13-6-3-5-12(11-13)15-14(18)7-4-9-17/h3,5-6,11,17H,4,7-10H2,1-2H3,(H,15,18). The van der Waals surface area contributed by atoms with Gasteiger partial charge in [0.25, 0.3) is 0 Å². The summed E-state index contributed by atoms with van der Waals surface area (Å²) in [6.07, 6.45) is 0.799. The molecule has 1 aromatic rings. The summed E-state index contributed by atoms with van der Waals surface area (Å²) in [4.78, 5) is 13.6. The van der Waals surface area contributed by atoms with Crippen LogP contribution < -0.4 is 10.1 Å². The molecule has 0 saturated carbocycles. The molecule has 1 amide bonds. The number of ether oxygens (including phenoxy) is 1. The Morgan fingerprint density at radius 1 is 1.42 bits per heavy atom. The van der Waals surface area contributed by atoms with Gasteiger partial charge in [0.05, 0.1) is 0 Å². The van der Waals surface area contributed by atoms with E-state index in [9.17, 15) is 4.79 Å². The fourth-order valence-electron chi connectivity index (χ4n) is 1.47. The fourth-order valence-corrected chi connectivity index (χ4v) is 1.47. The molecule has 0 aliphatic heterocycles. The van der Waals surface area contributed by atoms with E-state index >= 15 is 0 Å². The molecule has 0 fully saturated rings. The Labute approximate surface area is 114 Å². The zero-order chi connectivity index (χ0) is 14.1. The molecule has 1 aromatic carbocycles. The summed E-state index contributed by atoms with van der Waals surface area (Å²) in [7, 11) is 3.97. The quantitative estimate of drug-likeness (QED) is 0.745. The molecule has 5 nitrogen and oxygen atoms in total. The van der Waals surface area contributed by atoms with Crippen LogP contribution in [-0.2, 0) is 4.79 Å². The van der Waals surface area contributed by atoms with E-state index < -0.39 is 0 Å². The normalized spacial score (nSPS) is 10.5. The number of amides is 1. The molecule has 19 heavy (non-hydrogen) atoms. The van der Waals surface area contributed by atoms with Gasteiger partial charge in [-0.15, -0.1) is 0 Å². The molecular weight excluding hydrogens is 244 g/mol. The summed E-state index contributed by atoms with van der Waals surface area (Å²) in [6.45, 7) is 1.48. The van der Waals surface area contributed by atoms with Crippen LogP contribution in [0.5, 0.6) is 5.75 Å². The number of aliphatic hydroxyl groups is 1. The SMILES string of the molecule is CN(C)CCOc1cccc(NC(=O)CCCO)c1. The minimum atomic E-state index is -0.0977. The number of anilines is 1. The molecule has 0 heterocycles. The topological polar surface area (TPSA) is 61.8 Å². The number of aliphatic hydroxyl groups excluding tert-OH is 1. The minimum Gasteiger partial charge on any atom is -0.492 e. The van der Waals surface area contributed by atoms with Crippen molar-refractivity contribution >= 4 is 11.6 Å². The lowest BCUT2D eigenvalue weighted by molar-refractivity contribution is -0.116. The van der Waals surface area contributed by atoms with E-state index in [4.69, 9.17) is 9.84 Å². The van der Waals surface area contributed by atoms with Gasteiger partial charge in [0, 0.05) is 31.3 Å². The van der Waals surface area contributed by atoms with Gasteiger partial charge in [-0.25, -0.2) is 0 Å². The van der Waals surface area contributed by atoms with E-state index in [1.165, 1.54) is 0 Å². The summed E-state index contributed by atoms with van der Waals surface area (Å²) in [6, 6.07) is 7.31. The second-order valence-electron chi connectivity index (χ2n) is 4.55. The summed E-state index contributed by atoms with van der Waals surface area (Å²) in [5.74, 6) is 0.640. The van der Waals surface area contributed by atoms with Crippen LogP contribution >= 0.6 is 0 Å². The number of benzene rings is 1. The van der Waals surface area contributed by atoms with Crippen molar-refractivity contribution in [3.63, 3.8) is 0 Å². The molecule has 0 aliphatic carbocycles. The highest BCUT2D eigenvalue weighted by Crippen LogP contribution is 2.17. The van der Waals surface area contributed by atoms with Crippen LogP contribution in [0.4, 0.5) is 5.69 Å². The molecule has 0 atom stereocenters. The molecule has 0 aliphatic rings. The summed E-state index contributed by atoms with van der Waals surface area (Å²) >= 11 is 0. The van der Waals surface area contributed by atoms with Crippen LogP contribution in [-0.4, -0.2) is 49.8 Å². The Bertz CT molecular complexity index is 394. The van der Waals surface area contributed by atoms with Crippen molar-refractivity contribution in [2.24, 2.45) is 0 Å². The molecule has 0 aromatic heterocycles. The Morgan fingerprint density at radius 2 is 2.21 bits per heavy atom. The van der Waals surface area contributed by atoms with Crippen molar-refractivity contribution in [1.82, 2.24) is 4.90 Å². The zero-order valence-electron chi connectivity index (χ0n) is 11.6. The first-order chi connectivity index (χ1) is 9.11. The second-order valence-corrected chi connectivity index (χ2v) is 4.55. The fraction of sp³-hybridized carbons (Fsp3) is 0.500. The first-order valence-electron chi connectivity index (χ1n) is 6.40. The van der Waals surface area contributed by atoms with Crippen molar-refractivity contribution in [3.8, 4) is 5.75 Å². The number of carbonyl (C=O) groups excluding carboxylic acids is 1. The Balaban J connectivity index is 2.45. The minimum absolute atomic E-state index is 0.0289. The van der Waals surface area contributed by atoms with Crippen LogP contribution in [0.2, 0.25) is 0 Å². The van der Waals surface area contributed by atoms with Gasteiger partial charge in [-0.1, -0.05) is 6.07 Å². The number of nitrogens with one attached hydrogen (secondary N) is 1. The number of carbonyl (C=O) groups is 1. The highest BCUT2D eigenvalue weighted by molar-refractivity contribution is 5.90. The van der Waals surface area contributed by atoms with Crippen LogP contribution in [0.1, 0.15) is 12.8 Å². The number of hydrogen-bond donors (Lipinski definition) is 2. The smallest absolute Gasteiger partial charge is 0.224 e. The molecule has 5 heteroatoms. The van der Waals surface area contributed by atoms with Gasteiger partial charge in [0.2, 0.25) is 5.91 Å². The Morgan fingerprint density at radius 3 is 2.89 bits per heavy atom. The van der Waals surface area contributed by atoms with Gasteiger partial charge in [0.1, 0.15) is 12.4 Å². The summed E-state index contributed by atoms with van der Waals surface area (Å²) in [5, 5.41) is 11.4. The third kappa shape index (κ3) is 6.79. The molecular formula is C14H22N2O3. The highest BCUT2D eigenvalue weighted by Gasteiger charge is 2.03. The van der Waals surface area contributed by atoms with Gasteiger partial charge >= 0.3 is 0 Å². The predicted molar refractivity (Wildman–Crippen MR) is 75.4 cm³/mol. The van der Waals surface area contributed by atoms with E-state index in [0.29, 0.717) is 25.1 Å². The van der Waals surface area contributed by atoms with Crippen LogP contribution in [0.15, 0.2) is 24.3 Å². The highest BCUT2D eigenvalue weighted by atomic mass is 16.5. The second kappa shape index (κ2) is 8.50. The lowest BCUT2D eigenvalue weighted by Crippen LogP contribution is -2.19. The lowest BCUT2D eigenvalue weighted by atomic mass is 10.2. The lowest BCUT2D eigenvalue weighted by Gasteiger charge is -2.12. The van der Waals surface area contributed by atoms with E-state index in [1.54, 1.807) is 6.07 Å². The molecule has 0 radical (unpaired) electrons. The molecule has 0 saturated heterocycles. The number of nitrogens with zero attached hydrogens (tertiary/aromatic N) is 1. The van der Waals surface area contributed by atoms with Gasteiger partial charge in [-0.05, 0) is 32.6 Å². The van der Waals surface area contributed by atoms with Crippen molar-refractivity contribution in [3.05, 3.63) is 24.3 Å². The third-order valence-electron chi connectivity index (χ3n) is 2.49. The predicted octanol–water partition coefficient (Wildman–Crippen LogP) is 1.34. The van der Waals surface area contributed by atoms with E-state index in [-0.39, 0.29) is 12.5 Å². The van der Waals surface area contributed by atoms with Crippen molar-refractivity contribution < 1.29 is 14.6 Å². The Hall–Kier alpha value is -1.59. The van der Waals surface area contributed by atoms with Crippen molar-refractivity contribution in [2.75, 3.05) is 39.2 Å². The van der Waals surface area contributed by atoms with Gasteiger partial charge in [-0.2, -0.15) is 0 Å². The molecule has 0 bridgehead atoms. The maximum atomic E-state index is 11.5. The van der Waals surface area contributed by atoms with E-state index in [1.807, 2.05) is 37.2 Å². The van der Waals surface area contributed by atoms with Gasteiger partial charge in [0.15, 0.2) is 0 Å². The van der Waals surface area contributed by atoms with Gasteiger partial charge in [-0.3, -0.25) is 4.79 Å². The van der Waals surface area contributed by atoms with Crippen LogP contribution in [0, 0.1) is 0 Å². The molecule has 0 unspecified atom stereocenters. The maximum absolute atomic E-state index is 11.5. The summed E-state index contributed by atoms with van der Waals surface area (Å²) in [5.41, 5.74) is 0.713. The zero-order valence-corrected chi connectivity index (χ0v) is 11.6. The first-order valence-corrected chi connectivity index (χ1v) is 6.40. The third-order valence-corrected chi connectivity index (χ3v) is 2.49. The molecule has 106 valence electrons. The number of hydrogen-bond acceptors (Lipinski definition) is 4. The van der Waals surface area contributed by atoms with E-state index in [2.05, 4.69) is 5.32 Å². The molecule has 1 rings (SSSR count). The maximum Gasteiger partial charge on any atom is 0.224 e. The summed E-state index contributed by atoms with van der Waals surface area (Å²) < 4.78 is 5.59. The van der Waals surface area contributed by atoms with Crippen molar-refractivity contribution in [1.29, 1.82) is 0 Å². The average Bonchev–Trinajstić information content (AvgIpc) is 2.36. The monoisotopic (exact) mass is 266 g/mol. The first kappa shape index (κ1) is 15.5. The molecule has 2 N–H and O–H groups in total. The largest absolute Gasteiger partial charge is 0.492 e. The number of rotatable bonds is 8. The van der Waals surface area contributed by atoms with Crippen LogP contribution in [0.25, 0.3) is 0 Å². The van der Waals surface area contributed by atoms with Crippen LogP contribution in [0.3, 0.4) is 0 Å². The average molecular weight is 266 g/mol. The van der Waals surface area contributed by atoms with E-state index in [0.717, 1.165) is 12.3 Å². The number of likely N-dealkylation sites (N-methyl/N-ethyl adjacent to an activating group) is 1.